The van der Waals surface area contributed by atoms with Crippen LogP contribution in [0.1, 0.15) is 52.4 Å². The molecule has 4 nitrogen and oxygen atoms in total. The molecule has 0 spiro atoms. The second kappa shape index (κ2) is 5.04. The Hall–Kier alpha value is -0.420. The Bertz CT molecular complexity index is 531. The highest BCUT2D eigenvalue weighted by molar-refractivity contribution is 5.28. The fourth-order valence-corrected chi connectivity index (χ4v) is 6.62. The minimum absolute atomic E-state index is 0.0585. The van der Waals surface area contributed by atoms with Gasteiger partial charge in [0.15, 0.2) is 0 Å². The molecule has 3 saturated carbocycles. The summed E-state index contributed by atoms with van der Waals surface area (Å²) in [4.78, 5) is 0. The van der Waals surface area contributed by atoms with E-state index in [0.717, 1.165) is 25.7 Å². The second-order valence-corrected chi connectivity index (χ2v) is 9.08. The van der Waals surface area contributed by atoms with Crippen LogP contribution in [0.15, 0.2) is 11.6 Å². The summed E-state index contributed by atoms with van der Waals surface area (Å²) in [6.07, 6.45) is 4.85. The summed E-state index contributed by atoms with van der Waals surface area (Å²) in [5.74, 6) is 0.674. The van der Waals surface area contributed by atoms with Crippen molar-refractivity contribution in [2.24, 2.45) is 28.6 Å². The molecule has 4 rings (SSSR count). The SMILES string of the molecule is C[C@]12CCC(O)CC1=CC(O)[C@@H]1[C@@H]2CC[C@]2(C)C(O)C(O)C[C@@H]12. The minimum atomic E-state index is -0.674. The monoisotopic (exact) mass is 322 g/mol. The van der Waals surface area contributed by atoms with Crippen molar-refractivity contribution < 1.29 is 20.4 Å². The molecule has 4 unspecified atom stereocenters. The first kappa shape index (κ1) is 16.1. The van der Waals surface area contributed by atoms with Crippen molar-refractivity contribution in [3.8, 4) is 0 Å². The number of aliphatic hydroxyl groups excluding tert-OH is 4. The molecule has 4 aliphatic carbocycles. The van der Waals surface area contributed by atoms with Crippen LogP contribution >= 0.6 is 0 Å². The Morgan fingerprint density at radius 2 is 1.74 bits per heavy atom. The molecule has 0 aromatic heterocycles. The molecule has 3 fully saturated rings. The lowest BCUT2D eigenvalue weighted by molar-refractivity contribution is -0.110. The third kappa shape index (κ3) is 2.05. The second-order valence-electron chi connectivity index (χ2n) is 9.08. The van der Waals surface area contributed by atoms with E-state index in [0.29, 0.717) is 18.8 Å². The Balaban J connectivity index is 1.73. The average molecular weight is 322 g/mol. The fourth-order valence-electron chi connectivity index (χ4n) is 6.62. The summed E-state index contributed by atoms with van der Waals surface area (Å²) in [5.41, 5.74) is 1.01. The molecule has 0 radical (unpaired) electrons. The Morgan fingerprint density at radius 3 is 2.48 bits per heavy atom. The molecule has 130 valence electrons. The summed E-state index contributed by atoms with van der Waals surface area (Å²) in [5, 5.41) is 41.6. The van der Waals surface area contributed by atoms with Gasteiger partial charge in [0, 0.05) is 0 Å². The number of aliphatic hydroxyl groups is 4. The van der Waals surface area contributed by atoms with Crippen molar-refractivity contribution in [1.82, 2.24) is 0 Å². The summed E-state index contributed by atoms with van der Waals surface area (Å²) in [6.45, 7) is 4.40. The lowest BCUT2D eigenvalue weighted by atomic mass is 9.47. The third-order valence-corrected chi connectivity index (χ3v) is 8.08. The zero-order chi connectivity index (χ0) is 16.6. The van der Waals surface area contributed by atoms with Gasteiger partial charge in [-0.15, -0.1) is 0 Å². The molecule has 0 aromatic carbocycles. The van der Waals surface area contributed by atoms with Crippen molar-refractivity contribution in [1.29, 1.82) is 0 Å². The van der Waals surface area contributed by atoms with Crippen LogP contribution in [-0.4, -0.2) is 44.8 Å². The molecule has 4 heteroatoms. The van der Waals surface area contributed by atoms with Crippen LogP contribution in [0.3, 0.4) is 0 Å². The zero-order valence-corrected chi connectivity index (χ0v) is 14.2. The van der Waals surface area contributed by atoms with Crippen molar-refractivity contribution in [3.05, 3.63) is 11.6 Å². The maximum atomic E-state index is 10.9. The average Bonchev–Trinajstić information content (AvgIpc) is 2.73. The molecule has 4 N–H and O–H groups in total. The van der Waals surface area contributed by atoms with Gasteiger partial charge in [-0.3, -0.25) is 0 Å². The van der Waals surface area contributed by atoms with Gasteiger partial charge >= 0.3 is 0 Å². The first-order valence-corrected chi connectivity index (χ1v) is 9.21. The standard InChI is InChI=1S/C19H30O4/c1-18-5-3-11(20)7-10(18)8-14(21)16-12(18)4-6-19(2)13(16)9-15(22)17(19)23/h8,11-17,20-23H,3-7,9H2,1-2H3/t11?,12-,13-,14?,15?,16+,17?,18-,19-/m0/s1. The van der Waals surface area contributed by atoms with E-state index in [9.17, 15) is 20.4 Å². The Morgan fingerprint density at radius 1 is 1.00 bits per heavy atom. The number of hydrogen-bond acceptors (Lipinski definition) is 4. The Labute approximate surface area is 138 Å². The van der Waals surface area contributed by atoms with Crippen molar-refractivity contribution in [2.45, 2.75) is 76.8 Å². The van der Waals surface area contributed by atoms with E-state index in [-0.39, 0.29) is 28.8 Å². The highest BCUT2D eigenvalue weighted by Crippen LogP contribution is 2.64. The highest BCUT2D eigenvalue weighted by Gasteiger charge is 2.62. The first-order valence-electron chi connectivity index (χ1n) is 9.21. The van der Waals surface area contributed by atoms with Crippen molar-refractivity contribution in [3.63, 3.8) is 0 Å². The summed E-state index contributed by atoms with van der Waals surface area (Å²) < 4.78 is 0. The van der Waals surface area contributed by atoms with E-state index in [1.165, 1.54) is 5.57 Å². The van der Waals surface area contributed by atoms with E-state index >= 15 is 0 Å². The van der Waals surface area contributed by atoms with Crippen LogP contribution in [0.2, 0.25) is 0 Å². The van der Waals surface area contributed by atoms with Crippen molar-refractivity contribution in [2.75, 3.05) is 0 Å². The third-order valence-electron chi connectivity index (χ3n) is 8.08. The van der Waals surface area contributed by atoms with Crippen LogP contribution in [0, 0.1) is 28.6 Å². The number of rotatable bonds is 0. The van der Waals surface area contributed by atoms with Crippen LogP contribution in [0.25, 0.3) is 0 Å². The van der Waals surface area contributed by atoms with Gasteiger partial charge in [-0.2, -0.15) is 0 Å². The lowest BCUT2D eigenvalue weighted by Crippen LogP contribution is -2.55. The summed E-state index contributed by atoms with van der Waals surface area (Å²) in [7, 11) is 0. The van der Waals surface area contributed by atoms with Gasteiger partial charge in [0.1, 0.15) is 0 Å². The lowest BCUT2D eigenvalue weighted by Gasteiger charge is -2.58. The zero-order valence-electron chi connectivity index (χ0n) is 14.2. The van der Waals surface area contributed by atoms with Gasteiger partial charge in [-0.1, -0.05) is 25.5 Å². The van der Waals surface area contributed by atoms with Crippen LogP contribution in [-0.2, 0) is 0 Å². The molecular weight excluding hydrogens is 292 g/mol. The predicted octanol–water partition coefficient (Wildman–Crippen LogP) is 1.61. The number of fused-ring (bicyclic) bond motifs is 5. The van der Waals surface area contributed by atoms with Gasteiger partial charge < -0.3 is 20.4 Å². The quantitative estimate of drug-likeness (QED) is 0.511. The molecule has 0 aliphatic heterocycles. The van der Waals surface area contributed by atoms with E-state index in [2.05, 4.69) is 13.8 Å². The fraction of sp³-hybridized carbons (Fsp3) is 0.895. The van der Waals surface area contributed by atoms with Gasteiger partial charge in [0.2, 0.25) is 0 Å². The van der Waals surface area contributed by atoms with E-state index in [1.807, 2.05) is 6.08 Å². The van der Waals surface area contributed by atoms with E-state index in [1.54, 1.807) is 0 Å². The van der Waals surface area contributed by atoms with Gasteiger partial charge in [0.25, 0.3) is 0 Å². The molecule has 0 heterocycles. The summed E-state index contributed by atoms with van der Waals surface area (Å²) >= 11 is 0. The highest BCUT2D eigenvalue weighted by atomic mass is 16.3. The summed E-state index contributed by atoms with van der Waals surface area (Å²) in [6, 6.07) is 0. The molecule has 0 amide bonds. The first-order chi connectivity index (χ1) is 10.8. The molecule has 9 atom stereocenters. The number of hydrogen-bond donors (Lipinski definition) is 4. The van der Waals surface area contributed by atoms with Crippen LogP contribution in [0.4, 0.5) is 0 Å². The Kier molecular flexibility index (Phi) is 3.52. The molecule has 4 aliphatic rings. The van der Waals surface area contributed by atoms with Gasteiger partial charge in [-0.05, 0) is 67.1 Å². The van der Waals surface area contributed by atoms with Gasteiger partial charge in [0.05, 0.1) is 24.4 Å². The normalized spacial score (nSPS) is 58.9. The molecule has 23 heavy (non-hydrogen) atoms. The molecular formula is C19H30O4. The largest absolute Gasteiger partial charge is 0.393 e. The maximum absolute atomic E-state index is 10.9. The van der Waals surface area contributed by atoms with E-state index in [4.69, 9.17) is 0 Å². The van der Waals surface area contributed by atoms with Gasteiger partial charge in [-0.25, -0.2) is 0 Å². The minimum Gasteiger partial charge on any atom is -0.393 e. The molecule has 0 saturated heterocycles. The van der Waals surface area contributed by atoms with Crippen LogP contribution in [0.5, 0.6) is 0 Å². The molecule has 0 aromatic rings. The molecule has 0 bridgehead atoms. The van der Waals surface area contributed by atoms with Crippen LogP contribution < -0.4 is 0 Å². The maximum Gasteiger partial charge on any atom is 0.0855 e. The van der Waals surface area contributed by atoms with Crippen molar-refractivity contribution >= 4 is 0 Å². The van der Waals surface area contributed by atoms with E-state index < -0.39 is 18.3 Å². The smallest absolute Gasteiger partial charge is 0.0855 e. The predicted molar refractivity (Wildman–Crippen MR) is 86.5 cm³/mol. The topological polar surface area (TPSA) is 80.9 Å².